The molecule has 0 saturated carbocycles. The maximum atomic E-state index is 9.71. The highest BCUT2D eigenvalue weighted by Gasteiger charge is 2.10. The quantitative estimate of drug-likeness (QED) is 0.810. The Morgan fingerprint density at radius 1 is 1.67 bits per heavy atom. The summed E-state index contributed by atoms with van der Waals surface area (Å²) in [5, 5.41) is 11.7. The zero-order valence-corrected chi connectivity index (χ0v) is 9.04. The second-order valence-electron chi connectivity index (χ2n) is 2.61. The lowest BCUT2D eigenvalue weighted by Crippen LogP contribution is -2.00. The molecule has 0 saturated heterocycles. The molecule has 3 heteroatoms. The molecule has 0 amide bonds. The van der Waals surface area contributed by atoms with Gasteiger partial charge in [0.2, 0.25) is 0 Å². The van der Waals surface area contributed by atoms with Crippen LogP contribution in [-0.2, 0) is 0 Å². The van der Waals surface area contributed by atoms with Crippen LogP contribution in [0.15, 0.2) is 11.4 Å². The summed E-state index contributed by atoms with van der Waals surface area (Å²) in [4.78, 5) is 1.24. The SMILES string of the molecule is CCSCC(O)c1ccsc1C. The number of aliphatic hydroxyl groups is 1. The van der Waals surface area contributed by atoms with Crippen LogP contribution in [0.1, 0.15) is 23.5 Å². The summed E-state index contributed by atoms with van der Waals surface area (Å²) in [6.07, 6.45) is -0.277. The van der Waals surface area contributed by atoms with E-state index in [0.717, 1.165) is 17.1 Å². The summed E-state index contributed by atoms with van der Waals surface area (Å²) in [6.45, 7) is 4.16. The highest BCUT2D eigenvalue weighted by molar-refractivity contribution is 7.99. The minimum atomic E-state index is -0.277. The van der Waals surface area contributed by atoms with E-state index in [2.05, 4.69) is 13.8 Å². The van der Waals surface area contributed by atoms with Crippen LogP contribution < -0.4 is 0 Å². The number of hydrogen-bond donors (Lipinski definition) is 1. The summed E-state index contributed by atoms with van der Waals surface area (Å²) >= 11 is 3.47. The van der Waals surface area contributed by atoms with E-state index in [0.29, 0.717) is 0 Å². The Morgan fingerprint density at radius 3 is 2.92 bits per heavy atom. The fourth-order valence-corrected chi connectivity index (χ4v) is 2.46. The predicted octanol–water partition coefficient (Wildman–Crippen LogP) is 2.84. The molecule has 0 fully saturated rings. The van der Waals surface area contributed by atoms with Crippen LogP contribution in [0.25, 0.3) is 0 Å². The Kier molecular flexibility index (Phi) is 4.12. The topological polar surface area (TPSA) is 20.2 Å². The monoisotopic (exact) mass is 202 g/mol. The first-order chi connectivity index (χ1) is 5.75. The van der Waals surface area contributed by atoms with Gasteiger partial charge in [-0.15, -0.1) is 11.3 Å². The number of aliphatic hydroxyl groups excluding tert-OH is 1. The standard InChI is InChI=1S/C9H14OS2/c1-3-11-6-9(10)8-4-5-12-7(8)2/h4-5,9-10H,3,6H2,1-2H3. The Bertz CT molecular complexity index is 232. The molecular formula is C9H14OS2. The van der Waals surface area contributed by atoms with E-state index in [4.69, 9.17) is 0 Å². The number of aryl methyl sites for hydroxylation is 1. The third-order valence-corrected chi connectivity index (χ3v) is 3.56. The molecule has 12 heavy (non-hydrogen) atoms. The van der Waals surface area contributed by atoms with Crippen molar-refractivity contribution in [1.29, 1.82) is 0 Å². The molecular weight excluding hydrogens is 188 g/mol. The molecule has 0 spiro atoms. The zero-order chi connectivity index (χ0) is 8.97. The van der Waals surface area contributed by atoms with Crippen molar-refractivity contribution in [1.82, 2.24) is 0 Å². The van der Waals surface area contributed by atoms with E-state index in [1.54, 1.807) is 23.1 Å². The summed E-state index contributed by atoms with van der Waals surface area (Å²) < 4.78 is 0. The Labute approximate surface area is 81.8 Å². The van der Waals surface area contributed by atoms with Gasteiger partial charge in [0.25, 0.3) is 0 Å². The minimum Gasteiger partial charge on any atom is -0.388 e. The Morgan fingerprint density at radius 2 is 2.42 bits per heavy atom. The largest absolute Gasteiger partial charge is 0.388 e. The van der Waals surface area contributed by atoms with Crippen molar-refractivity contribution in [2.75, 3.05) is 11.5 Å². The first-order valence-corrected chi connectivity index (χ1v) is 6.09. The first kappa shape index (κ1) is 10.1. The van der Waals surface area contributed by atoms with Crippen LogP contribution in [0, 0.1) is 6.92 Å². The van der Waals surface area contributed by atoms with Gasteiger partial charge in [-0.05, 0) is 29.7 Å². The first-order valence-electron chi connectivity index (χ1n) is 4.05. The maximum Gasteiger partial charge on any atom is 0.0891 e. The third kappa shape index (κ3) is 2.51. The highest BCUT2D eigenvalue weighted by atomic mass is 32.2. The van der Waals surface area contributed by atoms with E-state index in [1.165, 1.54) is 4.88 Å². The number of thiophene rings is 1. The Hall–Kier alpha value is 0.01000. The molecule has 1 N–H and O–H groups in total. The van der Waals surface area contributed by atoms with Gasteiger partial charge < -0.3 is 5.11 Å². The van der Waals surface area contributed by atoms with Gasteiger partial charge in [-0.3, -0.25) is 0 Å². The van der Waals surface area contributed by atoms with Gasteiger partial charge in [-0.1, -0.05) is 6.92 Å². The molecule has 1 unspecified atom stereocenters. The van der Waals surface area contributed by atoms with Gasteiger partial charge in [0, 0.05) is 10.6 Å². The van der Waals surface area contributed by atoms with Crippen LogP contribution in [0.3, 0.4) is 0 Å². The van der Waals surface area contributed by atoms with E-state index in [1.807, 2.05) is 11.4 Å². The Balaban J connectivity index is 2.52. The van der Waals surface area contributed by atoms with Crippen LogP contribution in [0.2, 0.25) is 0 Å². The van der Waals surface area contributed by atoms with Crippen LogP contribution in [0.5, 0.6) is 0 Å². The van der Waals surface area contributed by atoms with Gasteiger partial charge in [0.15, 0.2) is 0 Å². The van der Waals surface area contributed by atoms with Crippen LogP contribution >= 0.6 is 23.1 Å². The summed E-state index contributed by atoms with van der Waals surface area (Å²) in [7, 11) is 0. The molecule has 68 valence electrons. The zero-order valence-electron chi connectivity index (χ0n) is 7.41. The van der Waals surface area contributed by atoms with Crippen molar-refractivity contribution in [2.45, 2.75) is 20.0 Å². The van der Waals surface area contributed by atoms with Gasteiger partial charge in [0.05, 0.1) is 6.10 Å². The molecule has 1 aromatic rings. The van der Waals surface area contributed by atoms with E-state index >= 15 is 0 Å². The lowest BCUT2D eigenvalue weighted by atomic mass is 10.2. The lowest BCUT2D eigenvalue weighted by Gasteiger charge is -2.08. The van der Waals surface area contributed by atoms with E-state index in [-0.39, 0.29) is 6.10 Å². The molecule has 0 aromatic carbocycles. The normalized spacial score (nSPS) is 13.2. The predicted molar refractivity (Wildman–Crippen MR) is 57.0 cm³/mol. The van der Waals surface area contributed by atoms with E-state index in [9.17, 15) is 5.11 Å². The summed E-state index contributed by atoms with van der Waals surface area (Å²) in [6, 6.07) is 2.01. The van der Waals surface area contributed by atoms with Gasteiger partial charge >= 0.3 is 0 Å². The second-order valence-corrected chi connectivity index (χ2v) is 5.05. The molecule has 0 radical (unpaired) electrons. The van der Waals surface area contributed by atoms with E-state index < -0.39 is 0 Å². The molecule has 1 nitrogen and oxygen atoms in total. The fourth-order valence-electron chi connectivity index (χ4n) is 1.06. The average molecular weight is 202 g/mol. The molecule has 0 aliphatic carbocycles. The smallest absolute Gasteiger partial charge is 0.0891 e. The minimum absolute atomic E-state index is 0.277. The van der Waals surface area contributed by atoms with Gasteiger partial charge in [0.1, 0.15) is 0 Å². The van der Waals surface area contributed by atoms with Crippen LogP contribution in [-0.4, -0.2) is 16.6 Å². The molecule has 1 aromatic heterocycles. The molecule has 1 heterocycles. The molecule has 1 rings (SSSR count). The summed E-state index contributed by atoms with van der Waals surface area (Å²) in [5.74, 6) is 1.88. The van der Waals surface area contributed by atoms with Gasteiger partial charge in [-0.2, -0.15) is 11.8 Å². The van der Waals surface area contributed by atoms with Crippen LogP contribution in [0.4, 0.5) is 0 Å². The lowest BCUT2D eigenvalue weighted by molar-refractivity contribution is 0.204. The molecule has 0 bridgehead atoms. The van der Waals surface area contributed by atoms with Crippen molar-refractivity contribution in [3.05, 3.63) is 21.9 Å². The highest BCUT2D eigenvalue weighted by Crippen LogP contribution is 2.24. The molecule has 1 atom stereocenters. The van der Waals surface area contributed by atoms with Gasteiger partial charge in [-0.25, -0.2) is 0 Å². The third-order valence-electron chi connectivity index (χ3n) is 1.74. The van der Waals surface area contributed by atoms with Crippen molar-refractivity contribution in [3.63, 3.8) is 0 Å². The number of thioether (sulfide) groups is 1. The van der Waals surface area contributed by atoms with Crippen molar-refractivity contribution >= 4 is 23.1 Å². The van der Waals surface area contributed by atoms with Crippen molar-refractivity contribution in [2.24, 2.45) is 0 Å². The van der Waals surface area contributed by atoms with Crippen molar-refractivity contribution < 1.29 is 5.11 Å². The molecule has 0 aliphatic heterocycles. The average Bonchev–Trinajstić information content (AvgIpc) is 2.47. The number of hydrogen-bond acceptors (Lipinski definition) is 3. The molecule has 0 aliphatic rings. The maximum absolute atomic E-state index is 9.71. The number of rotatable bonds is 4. The summed E-state index contributed by atoms with van der Waals surface area (Å²) in [5.41, 5.74) is 1.10. The second kappa shape index (κ2) is 4.90. The fraction of sp³-hybridized carbons (Fsp3) is 0.556. The van der Waals surface area contributed by atoms with Crippen molar-refractivity contribution in [3.8, 4) is 0 Å².